The molecule has 102 valence electrons. The van der Waals surface area contributed by atoms with Gasteiger partial charge in [0.15, 0.2) is 0 Å². The van der Waals surface area contributed by atoms with Crippen molar-refractivity contribution in [2.24, 2.45) is 13.0 Å². The van der Waals surface area contributed by atoms with E-state index >= 15 is 0 Å². The molecule has 3 heteroatoms. The van der Waals surface area contributed by atoms with E-state index in [0.717, 1.165) is 19.0 Å². The van der Waals surface area contributed by atoms with E-state index in [4.69, 9.17) is 0 Å². The monoisotopic (exact) mass is 249 g/mol. The third-order valence-corrected chi connectivity index (χ3v) is 3.59. The highest BCUT2D eigenvalue weighted by Gasteiger charge is 2.22. The molecule has 0 unspecified atom stereocenters. The molecular weight excluding hydrogens is 222 g/mol. The first-order valence-corrected chi connectivity index (χ1v) is 7.20. The Balaban J connectivity index is 1.80. The van der Waals surface area contributed by atoms with Crippen molar-refractivity contribution in [2.45, 2.75) is 58.4 Å². The lowest BCUT2D eigenvalue weighted by Crippen LogP contribution is -2.20. The number of rotatable bonds is 6. The van der Waals surface area contributed by atoms with Gasteiger partial charge in [0.1, 0.15) is 0 Å². The smallest absolute Gasteiger partial charge is 0.0722 e. The van der Waals surface area contributed by atoms with Crippen molar-refractivity contribution in [3.8, 4) is 0 Å². The van der Waals surface area contributed by atoms with E-state index in [0.29, 0.717) is 0 Å². The molecule has 18 heavy (non-hydrogen) atoms. The van der Waals surface area contributed by atoms with Crippen LogP contribution in [0.1, 0.15) is 57.7 Å². The summed E-state index contributed by atoms with van der Waals surface area (Å²) in [7, 11) is 2.01. The molecule has 1 aromatic heterocycles. The first-order chi connectivity index (χ1) is 8.47. The molecule has 1 saturated carbocycles. The van der Waals surface area contributed by atoms with Crippen LogP contribution in [0.3, 0.4) is 0 Å². The van der Waals surface area contributed by atoms with Gasteiger partial charge in [-0.1, -0.05) is 33.6 Å². The maximum absolute atomic E-state index is 4.60. The van der Waals surface area contributed by atoms with Gasteiger partial charge in [0.05, 0.1) is 5.69 Å². The lowest BCUT2D eigenvalue weighted by molar-refractivity contribution is 0.540. The van der Waals surface area contributed by atoms with Crippen molar-refractivity contribution < 1.29 is 0 Å². The average Bonchev–Trinajstić information content (AvgIpc) is 2.99. The predicted molar refractivity (Wildman–Crippen MR) is 75.6 cm³/mol. The van der Waals surface area contributed by atoms with Crippen LogP contribution < -0.4 is 5.32 Å². The van der Waals surface area contributed by atoms with E-state index in [2.05, 4.69) is 37.4 Å². The zero-order chi connectivity index (χ0) is 13.2. The normalized spacial score (nSPS) is 16.2. The molecule has 1 fully saturated rings. The standard InChI is InChI=1S/C15H27N3/c1-15(2,3)14-13(11-18(4)17-14)10-16-9-5-6-12-7-8-12/h11-12,16H,5-10H2,1-4H3. The topological polar surface area (TPSA) is 29.9 Å². The quantitative estimate of drug-likeness (QED) is 0.785. The Morgan fingerprint density at radius 3 is 2.72 bits per heavy atom. The first kappa shape index (κ1) is 13.6. The molecular formula is C15H27N3. The van der Waals surface area contributed by atoms with Crippen LogP contribution in [0.5, 0.6) is 0 Å². The van der Waals surface area contributed by atoms with E-state index < -0.39 is 0 Å². The second-order valence-corrected chi connectivity index (χ2v) is 6.69. The van der Waals surface area contributed by atoms with E-state index in [1.54, 1.807) is 0 Å². The Morgan fingerprint density at radius 1 is 1.39 bits per heavy atom. The molecule has 0 saturated heterocycles. The maximum Gasteiger partial charge on any atom is 0.0722 e. The number of nitrogens with zero attached hydrogens (tertiary/aromatic N) is 2. The van der Waals surface area contributed by atoms with Gasteiger partial charge in [-0.25, -0.2) is 0 Å². The van der Waals surface area contributed by atoms with Crippen LogP contribution in [0.2, 0.25) is 0 Å². The zero-order valence-corrected chi connectivity index (χ0v) is 12.3. The molecule has 1 aliphatic rings. The predicted octanol–water partition coefficient (Wildman–Crippen LogP) is 3.00. The molecule has 0 aliphatic heterocycles. The minimum absolute atomic E-state index is 0.131. The summed E-state index contributed by atoms with van der Waals surface area (Å²) in [6.07, 6.45) is 7.81. The molecule has 3 nitrogen and oxygen atoms in total. The number of aromatic nitrogens is 2. The summed E-state index contributed by atoms with van der Waals surface area (Å²) in [6.45, 7) is 8.77. The Kier molecular flexibility index (Phi) is 4.10. The highest BCUT2D eigenvalue weighted by Crippen LogP contribution is 2.33. The van der Waals surface area contributed by atoms with Crippen LogP contribution in [0, 0.1) is 5.92 Å². The Hall–Kier alpha value is -0.830. The molecule has 1 N–H and O–H groups in total. The van der Waals surface area contributed by atoms with E-state index in [1.165, 1.54) is 36.9 Å². The van der Waals surface area contributed by atoms with Crippen LogP contribution in [0.15, 0.2) is 6.20 Å². The molecule has 0 aromatic carbocycles. The third kappa shape index (κ3) is 3.84. The summed E-state index contributed by atoms with van der Waals surface area (Å²) in [4.78, 5) is 0. The second kappa shape index (κ2) is 5.43. The molecule has 0 spiro atoms. The van der Waals surface area contributed by atoms with Gasteiger partial charge in [0.2, 0.25) is 0 Å². The van der Waals surface area contributed by atoms with Crippen LogP contribution in [-0.2, 0) is 19.0 Å². The molecule has 0 atom stereocenters. The van der Waals surface area contributed by atoms with E-state index in [-0.39, 0.29) is 5.41 Å². The molecule has 2 rings (SSSR count). The van der Waals surface area contributed by atoms with Crippen LogP contribution in [0.25, 0.3) is 0 Å². The van der Waals surface area contributed by atoms with Crippen molar-refractivity contribution in [2.75, 3.05) is 6.54 Å². The summed E-state index contributed by atoms with van der Waals surface area (Å²) >= 11 is 0. The highest BCUT2D eigenvalue weighted by atomic mass is 15.3. The fourth-order valence-electron chi connectivity index (χ4n) is 2.44. The molecule has 0 bridgehead atoms. The van der Waals surface area contributed by atoms with Gasteiger partial charge in [-0.2, -0.15) is 5.10 Å². The van der Waals surface area contributed by atoms with Crippen molar-refractivity contribution in [1.82, 2.24) is 15.1 Å². The minimum Gasteiger partial charge on any atom is -0.313 e. The lowest BCUT2D eigenvalue weighted by Gasteiger charge is -2.17. The summed E-state index contributed by atoms with van der Waals surface area (Å²) in [5.41, 5.74) is 2.70. The van der Waals surface area contributed by atoms with Crippen molar-refractivity contribution in [1.29, 1.82) is 0 Å². The largest absolute Gasteiger partial charge is 0.313 e. The van der Waals surface area contributed by atoms with Gasteiger partial charge in [-0.05, 0) is 25.3 Å². The van der Waals surface area contributed by atoms with Crippen LogP contribution in [0.4, 0.5) is 0 Å². The van der Waals surface area contributed by atoms with Crippen molar-refractivity contribution in [3.63, 3.8) is 0 Å². The first-order valence-electron chi connectivity index (χ1n) is 7.20. The molecule has 1 aliphatic carbocycles. The van der Waals surface area contributed by atoms with Gasteiger partial charge in [-0.15, -0.1) is 0 Å². The highest BCUT2D eigenvalue weighted by molar-refractivity contribution is 5.23. The Bertz CT molecular complexity index is 383. The number of hydrogen-bond acceptors (Lipinski definition) is 2. The lowest BCUT2D eigenvalue weighted by atomic mass is 9.89. The maximum atomic E-state index is 4.60. The van der Waals surface area contributed by atoms with Crippen LogP contribution in [-0.4, -0.2) is 16.3 Å². The second-order valence-electron chi connectivity index (χ2n) is 6.69. The van der Waals surface area contributed by atoms with Gasteiger partial charge >= 0.3 is 0 Å². The fourth-order valence-corrected chi connectivity index (χ4v) is 2.44. The van der Waals surface area contributed by atoms with Crippen molar-refractivity contribution in [3.05, 3.63) is 17.5 Å². The molecule has 1 heterocycles. The number of hydrogen-bond donors (Lipinski definition) is 1. The van der Waals surface area contributed by atoms with Crippen LogP contribution >= 0.6 is 0 Å². The third-order valence-electron chi connectivity index (χ3n) is 3.59. The Labute approximate surface area is 111 Å². The van der Waals surface area contributed by atoms with E-state index in [9.17, 15) is 0 Å². The SMILES string of the molecule is Cn1cc(CNCCCC2CC2)c(C(C)(C)C)n1. The number of nitrogens with one attached hydrogen (secondary N) is 1. The zero-order valence-electron chi connectivity index (χ0n) is 12.3. The van der Waals surface area contributed by atoms with E-state index in [1.807, 2.05) is 11.7 Å². The summed E-state index contributed by atoms with van der Waals surface area (Å²) < 4.78 is 1.93. The van der Waals surface area contributed by atoms with Gasteiger partial charge in [0, 0.05) is 30.8 Å². The Morgan fingerprint density at radius 2 is 2.11 bits per heavy atom. The molecule has 0 amide bonds. The number of aryl methyl sites for hydroxylation is 1. The summed E-state index contributed by atoms with van der Waals surface area (Å²) in [6, 6.07) is 0. The summed E-state index contributed by atoms with van der Waals surface area (Å²) in [5, 5.41) is 8.15. The molecule has 1 aromatic rings. The minimum atomic E-state index is 0.131. The average molecular weight is 249 g/mol. The van der Waals surface area contributed by atoms with Gasteiger partial charge in [-0.3, -0.25) is 4.68 Å². The fraction of sp³-hybridized carbons (Fsp3) is 0.800. The van der Waals surface area contributed by atoms with Gasteiger partial charge < -0.3 is 5.32 Å². The summed E-state index contributed by atoms with van der Waals surface area (Å²) in [5.74, 6) is 1.05. The molecule has 0 radical (unpaired) electrons. The van der Waals surface area contributed by atoms with Gasteiger partial charge in [0.25, 0.3) is 0 Å². The van der Waals surface area contributed by atoms with Crippen molar-refractivity contribution >= 4 is 0 Å².